The number of hydrogen-bond donors (Lipinski definition) is 1. The first-order valence-electron chi connectivity index (χ1n) is 10.2. The molecule has 0 radical (unpaired) electrons. The van der Waals surface area contributed by atoms with Crippen LogP contribution in [-0.4, -0.2) is 39.6 Å². The van der Waals surface area contributed by atoms with Gasteiger partial charge in [-0.2, -0.15) is 5.10 Å². The van der Waals surface area contributed by atoms with Crippen molar-refractivity contribution in [2.75, 3.05) is 18.4 Å². The smallest absolute Gasteiger partial charge is 0.275 e. The van der Waals surface area contributed by atoms with Crippen molar-refractivity contribution in [3.8, 4) is 5.69 Å². The van der Waals surface area contributed by atoms with Crippen LogP contribution in [0.2, 0.25) is 10.0 Å². The lowest BCUT2D eigenvalue weighted by Gasteiger charge is -2.20. The predicted molar refractivity (Wildman–Crippen MR) is 122 cm³/mol. The van der Waals surface area contributed by atoms with Gasteiger partial charge >= 0.3 is 0 Å². The second-order valence-corrected chi connectivity index (χ2v) is 8.15. The van der Waals surface area contributed by atoms with E-state index >= 15 is 0 Å². The number of halogens is 2. The topological polar surface area (TPSA) is 67.2 Å². The average molecular weight is 457 g/mol. The van der Waals surface area contributed by atoms with Crippen LogP contribution in [0.5, 0.6) is 0 Å². The van der Waals surface area contributed by atoms with Crippen LogP contribution in [0, 0.1) is 0 Å². The molecule has 0 saturated carbocycles. The van der Waals surface area contributed by atoms with Crippen LogP contribution in [0.15, 0.2) is 48.5 Å². The second-order valence-electron chi connectivity index (χ2n) is 7.34. The van der Waals surface area contributed by atoms with Crippen molar-refractivity contribution in [2.24, 2.45) is 0 Å². The Labute approximate surface area is 190 Å². The number of fused-ring (bicyclic) bond motifs is 1. The lowest BCUT2D eigenvalue weighted by Crippen LogP contribution is -2.38. The molecule has 4 rings (SSSR count). The highest BCUT2D eigenvalue weighted by atomic mass is 35.5. The third-order valence-corrected chi connectivity index (χ3v) is 5.99. The summed E-state index contributed by atoms with van der Waals surface area (Å²) in [7, 11) is 0. The van der Waals surface area contributed by atoms with Crippen LogP contribution >= 0.6 is 23.2 Å². The Morgan fingerprint density at radius 2 is 1.77 bits per heavy atom. The monoisotopic (exact) mass is 456 g/mol. The van der Waals surface area contributed by atoms with Crippen LogP contribution in [0.4, 0.5) is 5.69 Å². The first kappa shape index (κ1) is 21.4. The van der Waals surface area contributed by atoms with Gasteiger partial charge in [-0.05, 0) is 50.5 Å². The molecule has 8 heteroatoms. The fourth-order valence-corrected chi connectivity index (χ4v) is 4.33. The summed E-state index contributed by atoms with van der Waals surface area (Å²) in [6, 6.07) is 14.8. The molecule has 160 valence electrons. The molecular weight excluding hydrogens is 435 g/mol. The van der Waals surface area contributed by atoms with Crippen LogP contribution in [0.3, 0.4) is 0 Å². The number of amides is 2. The molecule has 0 unspecified atom stereocenters. The van der Waals surface area contributed by atoms with E-state index in [0.29, 0.717) is 28.0 Å². The lowest BCUT2D eigenvalue weighted by atomic mass is 10.2. The molecule has 1 N–H and O–H groups in total. The molecule has 0 fully saturated rings. The highest BCUT2D eigenvalue weighted by molar-refractivity contribution is 6.39. The Morgan fingerprint density at radius 1 is 1.06 bits per heavy atom. The number of nitrogens with zero attached hydrogens (tertiary/aromatic N) is 3. The van der Waals surface area contributed by atoms with Gasteiger partial charge < -0.3 is 10.2 Å². The molecule has 6 nitrogen and oxygen atoms in total. The fraction of sp³-hybridized carbons (Fsp3) is 0.261. The van der Waals surface area contributed by atoms with Gasteiger partial charge in [-0.3, -0.25) is 9.59 Å². The number of hydrogen-bond acceptors (Lipinski definition) is 3. The number of benzene rings is 2. The number of rotatable bonds is 6. The van der Waals surface area contributed by atoms with E-state index in [2.05, 4.69) is 10.4 Å². The highest BCUT2D eigenvalue weighted by Crippen LogP contribution is 2.30. The molecule has 0 atom stereocenters. The van der Waals surface area contributed by atoms with Gasteiger partial charge in [0, 0.05) is 17.8 Å². The van der Waals surface area contributed by atoms with Crippen molar-refractivity contribution < 1.29 is 9.59 Å². The van der Waals surface area contributed by atoms with Gasteiger partial charge in [0.15, 0.2) is 5.69 Å². The summed E-state index contributed by atoms with van der Waals surface area (Å²) in [6.45, 7) is 2.08. The molecule has 2 aromatic carbocycles. The molecule has 1 aliphatic rings. The molecule has 0 spiro atoms. The van der Waals surface area contributed by atoms with E-state index in [0.717, 1.165) is 36.2 Å². The van der Waals surface area contributed by atoms with Crippen molar-refractivity contribution in [2.45, 2.75) is 26.2 Å². The maximum Gasteiger partial charge on any atom is 0.275 e. The van der Waals surface area contributed by atoms with Gasteiger partial charge in [-0.25, -0.2) is 4.68 Å². The van der Waals surface area contributed by atoms with Crippen molar-refractivity contribution in [1.29, 1.82) is 0 Å². The molecule has 31 heavy (non-hydrogen) atoms. The maximum atomic E-state index is 13.3. The van der Waals surface area contributed by atoms with Crippen molar-refractivity contribution in [3.05, 3.63) is 75.5 Å². The van der Waals surface area contributed by atoms with Crippen LogP contribution in [0.25, 0.3) is 5.69 Å². The molecule has 2 amide bonds. The first-order chi connectivity index (χ1) is 15.0. The zero-order valence-electron chi connectivity index (χ0n) is 17.1. The highest BCUT2D eigenvalue weighted by Gasteiger charge is 2.30. The van der Waals surface area contributed by atoms with Gasteiger partial charge in [-0.1, -0.05) is 47.5 Å². The van der Waals surface area contributed by atoms with Gasteiger partial charge in [0.05, 0.1) is 21.4 Å². The third kappa shape index (κ3) is 4.31. The minimum Gasteiger partial charge on any atom is -0.328 e. The van der Waals surface area contributed by atoms with Gasteiger partial charge in [0.1, 0.15) is 6.54 Å². The van der Waals surface area contributed by atoms with Crippen molar-refractivity contribution in [1.82, 2.24) is 14.7 Å². The van der Waals surface area contributed by atoms with E-state index in [1.807, 2.05) is 41.9 Å². The normalized spacial score (nSPS) is 12.5. The molecular formula is C23H22Cl2N4O2. The summed E-state index contributed by atoms with van der Waals surface area (Å²) >= 11 is 12.3. The molecule has 1 aliphatic carbocycles. The average Bonchev–Trinajstić information content (AvgIpc) is 3.38. The summed E-state index contributed by atoms with van der Waals surface area (Å²) in [5.74, 6) is -0.625. The number of carbonyl (C=O) groups excluding carboxylic acids is 2. The van der Waals surface area contributed by atoms with Crippen molar-refractivity contribution in [3.63, 3.8) is 0 Å². The number of nitrogens with one attached hydrogen (secondary N) is 1. The van der Waals surface area contributed by atoms with E-state index in [4.69, 9.17) is 23.2 Å². The predicted octanol–water partition coefficient (Wildman–Crippen LogP) is 4.77. The standard InChI is InChI=1S/C23H22Cl2N4O2/c1-2-28(14-20(30)26-22-17(24)11-7-12-18(22)25)23(31)21-16-10-6-13-19(16)29(27-21)15-8-4-3-5-9-15/h3-5,7-9,11-12H,2,6,10,13-14H2,1H3,(H,26,30). The lowest BCUT2D eigenvalue weighted by molar-refractivity contribution is -0.116. The van der Waals surface area contributed by atoms with E-state index < -0.39 is 0 Å². The Morgan fingerprint density at radius 3 is 2.45 bits per heavy atom. The number of carbonyl (C=O) groups is 2. The SMILES string of the molecule is CCN(CC(=O)Nc1c(Cl)cccc1Cl)C(=O)c1nn(-c2ccccc2)c2c1CCC2. The minimum atomic E-state index is -0.371. The van der Waals surface area contributed by atoms with Gasteiger partial charge in [-0.15, -0.1) is 0 Å². The molecule has 1 aromatic heterocycles. The quantitative estimate of drug-likeness (QED) is 0.580. The van der Waals surface area contributed by atoms with Crippen LogP contribution in [-0.2, 0) is 17.6 Å². The summed E-state index contributed by atoms with van der Waals surface area (Å²) in [5, 5.41) is 8.04. The largest absolute Gasteiger partial charge is 0.328 e. The molecule has 3 aromatic rings. The van der Waals surface area contributed by atoms with Crippen LogP contribution in [0.1, 0.15) is 35.1 Å². The zero-order chi connectivity index (χ0) is 22.0. The van der Waals surface area contributed by atoms with E-state index in [1.165, 1.54) is 4.90 Å². The summed E-state index contributed by atoms with van der Waals surface area (Å²) < 4.78 is 1.85. The summed E-state index contributed by atoms with van der Waals surface area (Å²) in [6.07, 6.45) is 2.67. The second kappa shape index (κ2) is 9.12. The Balaban J connectivity index is 1.56. The summed E-state index contributed by atoms with van der Waals surface area (Å²) in [5.41, 5.74) is 3.73. The maximum absolute atomic E-state index is 13.3. The molecule has 1 heterocycles. The third-order valence-electron chi connectivity index (χ3n) is 5.36. The number of likely N-dealkylation sites (N-methyl/N-ethyl adjacent to an activating group) is 1. The minimum absolute atomic E-state index is 0.121. The number of aromatic nitrogens is 2. The number of anilines is 1. The Kier molecular flexibility index (Phi) is 6.30. The molecule has 0 aliphatic heterocycles. The fourth-order valence-electron chi connectivity index (χ4n) is 3.84. The van der Waals surface area contributed by atoms with Gasteiger partial charge in [0.2, 0.25) is 5.91 Å². The van der Waals surface area contributed by atoms with Crippen molar-refractivity contribution >= 4 is 40.7 Å². The summed E-state index contributed by atoms with van der Waals surface area (Å²) in [4.78, 5) is 27.4. The number of para-hydroxylation sites is 2. The van der Waals surface area contributed by atoms with E-state index in [1.54, 1.807) is 18.2 Å². The van der Waals surface area contributed by atoms with Crippen LogP contribution < -0.4 is 5.32 Å². The first-order valence-corrected chi connectivity index (χ1v) is 10.9. The Bertz CT molecular complexity index is 1110. The van der Waals surface area contributed by atoms with E-state index in [9.17, 15) is 9.59 Å². The Hall–Kier alpha value is -2.83. The van der Waals surface area contributed by atoms with Gasteiger partial charge in [0.25, 0.3) is 5.91 Å². The zero-order valence-corrected chi connectivity index (χ0v) is 18.6. The van der Waals surface area contributed by atoms with E-state index in [-0.39, 0.29) is 18.4 Å². The molecule has 0 bridgehead atoms. The molecule has 0 saturated heterocycles.